The van der Waals surface area contributed by atoms with Gasteiger partial charge in [0, 0.05) is 80.2 Å². The molecule has 0 saturated carbocycles. The van der Waals surface area contributed by atoms with Gasteiger partial charge in [0.15, 0.2) is 5.60 Å². The molecule has 4 N–H and O–H groups in total. The lowest BCUT2D eigenvalue weighted by atomic mass is 9.84. The third-order valence-corrected chi connectivity index (χ3v) is 14.1. The van der Waals surface area contributed by atoms with Crippen LogP contribution in [-0.2, 0) is 52.8 Å². The van der Waals surface area contributed by atoms with Gasteiger partial charge in [-0.1, -0.05) is 64.6 Å². The van der Waals surface area contributed by atoms with Gasteiger partial charge in [-0.2, -0.15) is 0 Å². The van der Waals surface area contributed by atoms with Crippen molar-refractivity contribution in [3.05, 3.63) is 84.4 Å². The molecule has 0 aliphatic carbocycles. The predicted octanol–water partition coefficient (Wildman–Crippen LogP) is 4.82. The molecule has 0 radical (unpaired) electrons. The number of para-hydroxylation sites is 1. The summed E-state index contributed by atoms with van der Waals surface area (Å²) in [6.07, 6.45) is 2.53. The van der Waals surface area contributed by atoms with Crippen molar-refractivity contribution in [1.29, 1.82) is 0 Å². The molecule has 3 fully saturated rings. The number of hydrogen-bond acceptors (Lipinski definition) is 11. The van der Waals surface area contributed by atoms with Crippen LogP contribution in [0.1, 0.15) is 65.0 Å². The van der Waals surface area contributed by atoms with E-state index in [2.05, 4.69) is 84.0 Å². The molecular formula is C53H67N7O9. The van der Waals surface area contributed by atoms with E-state index in [1.165, 1.54) is 21.9 Å². The number of aromatic hydroxyl groups is 1. The van der Waals surface area contributed by atoms with Gasteiger partial charge < -0.3 is 44.3 Å². The summed E-state index contributed by atoms with van der Waals surface area (Å²) in [7, 11) is 1.43. The maximum atomic E-state index is 14.8. The minimum Gasteiger partial charge on any atom is -0.508 e. The van der Waals surface area contributed by atoms with Gasteiger partial charge in [-0.3, -0.25) is 29.0 Å². The number of carbonyl (C=O) groups is 5. The van der Waals surface area contributed by atoms with Gasteiger partial charge >= 0.3 is 5.97 Å². The molecule has 5 heterocycles. The number of aryl methyl sites for hydroxylation is 1. The van der Waals surface area contributed by atoms with Crippen molar-refractivity contribution in [2.75, 3.05) is 64.5 Å². The topological polar surface area (TPSA) is 186 Å². The third kappa shape index (κ3) is 10.1. The first-order valence-corrected chi connectivity index (χ1v) is 24.3. The fourth-order valence-corrected chi connectivity index (χ4v) is 10.7. The molecular weight excluding hydrogens is 879 g/mol. The van der Waals surface area contributed by atoms with Crippen LogP contribution in [-0.4, -0.2) is 143 Å². The highest BCUT2D eigenvalue weighted by Crippen LogP contribution is 2.43. The number of benzene rings is 3. The number of carbonyl (C=O) groups excluding carboxylic acids is 5. The molecule has 368 valence electrons. The summed E-state index contributed by atoms with van der Waals surface area (Å²) in [6.45, 7) is 17.1. The van der Waals surface area contributed by atoms with Crippen LogP contribution < -0.4 is 15.6 Å². The Bertz CT molecular complexity index is 2640. The fourth-order valence-electron chi connectivity index (χ4n) is 10.7. The number of fused-ring (bicyclic) bond motifs is 6. The number of β-amino-alcohol motifs (C(OH)–C–C–N with tert-alkyl or cyclic N) is 1. The number of hydrogen-bond donors (Lipinski definition) is 4. The van der Waals surface area contributed by atoms with Crippen LogP contribution in [0, 0.1) is 11.3 Å². The summed E-state index contributed by atoms with van der Waals surface area (Å²) >= 11 is 0. The van der Waals surface area contributed by atoms with Crippen molar-refractivity contribution in [1.82, 2.24) is 30.1 Å². The molecule has 4 aliphatic rings. The number of phenolic OH excluding ortho intramolecular Hbond substituents is 1. The fraction of sp³-hybridized carbons (Fsp3) is 0.491. The lowest BCUT2D eigenvalue weighted by Gasteiger charge is -2.37. The van der Waals surface area contributed by atoms with E-state index in [1.807, 2.05) is 12.1 Å². The lowest BCUT2D eigenvalue weighted by Crippen LogP contribution is -2.63. The molecule has 6 bridgehead atoms. The summed E-state index contributed by atoms with van der Waals surface area (Å²) in [5, 5.41) is 28.2. The Hall–Kier alpha value is -6.23. The van der Waals surface area contributed by atoms with E-state index in [9.17, 15) is 34.2 Å². The van der Waals surface area contributed by atoms with Crippen molar-refractivity contribution in [2.45, 2.75) is 97.0 Å². The number of rotatable bonds is 9. The van der Waals surface area contributed by atoms with Crippen LogP contribution in [0.25, 0.3) is 33.3 Å². The highest BCUT2D eigenvalue weighted by molar-refractivity contribution is 5.98. The molecule has 4 aliphatic heterocycles. The molecule has 0 spiro atoms. The minimum absolute atomic E-state index is 0.0203. The maximum absolute atomic E-state index is 14.8. The van der Waals surface area contributed by atoms with Gasteiger partial charge in [0.25, 0.3) is 11.8 Å². The molecule has 4 amide bonds. The molecule has 4 aromatic rings. The van der Waals surface area contributed by atoms with E-state index >= 15 is 0 Å². The highest BCUT2D eigenvalue weighted by atomic mass is 16.5. The Morgan fingerprint density at radius 3 is 2.49 bits per heavy atom. The van der Waals surface area contributed by atoms with E-state index < -0.39 is 64.7 Å². The Kier molecular flexibility index (Phi) is 14.3. The molecule has 8 rings (SSSR count). The van der Waals surface area contributed by atoms with Gasteiger partial charge in [-0.05, 0) is 90.8 Å². The number of cyclic esters (lactones) is 1. The van der Waals surface area contributed by atoms with Crippen molar-refractivity contribution in [3.63, 3.8) is 0 Å². The number of aliphatic hydroxyl groups is 1. The molecule has 1 aromatic heterocycles. The number of amides is 4. The molecule has 3 aromatic carbocycles. The monoisotopic (exact) mass is 946 g/mol. The quantitative estimate of drug-likeness (QED) is 0.133. The number of nitrogens with zero attached hydrogens (tertiary/aromatic N) is 5. The zero-order chi connectivity index (χ0) is 49.4. The number of hydrazine groups is 1. The first-order valence-electron chi connectivity index (χ1n) is 24.3. The van der Waals surface area contributed by atoms with E-state index in [1.54, 1.807) is 26.0 Å². The first-order chi connectivity index (χ1) is 32.9. The zero-order valence-electron chi connectivity index (χ0n) is 40.8. The van der Waals surface area contributed by atoms with Gasteiger partial charge in [-0.25, -0.2) is 5.43 Å². The zero-order valence-corrected chi connectivity index (χ0v) is 40.8. The second-order valence-electron chi connectivity index (χ2n) is 20.2. The number of morpholine rings is 1. The average molecular weight is 946 g/mol. The van der Waals surface area contributed by atoms with Gasteiger partial charge in [0.2, 0.25) is 11.8 Å². The first kappa shape index (κ1) is 49.2. The van der Waals surface area contributed by atoms with Crippen LogP contribution in [0.4, 0.5) is 5.69 Å². The van der Waals surface area contributed by atoms with Crippen LogP contribution in [0.2, 0.25) is 0 Å². The highest BCUT2D eigenvalue weighted by Gasteiger charge is 2.48. The number of likely N-dealkylation sites (N-methyl/N-ethyl adjacent to an activating group) is 1. The average Bonchev–Trinajstić information content (AvgIpc) is 3.89. The number of nitrogens with one attached hydrogen (secondary N) is 2. The number of esters is 1. The maximum Gasteiger partial charge on any atom is 0.324 e. The van der Waals surface area contributed by atoms with Crippen LogP contribution in [0.5, 0.6) is 5.75 Å². The van der Waals surface area contributed by atoms with E-state index in [0.717, 1.165) is 58.1 Å². The summed E-state index contributed by atoms with van der Waals surface area (Å²) in [6, 6.07) is 16.8. The Balaban J connectivity index is 1.20. The molecule has 16 nitrogen and oxygen atoms in total. The number of aromatic nitrogens is 1. The van der Waals surface area contributed by atoms with Crippen LogP contribution in [0.15, 0.2) is 73.3 Å². The minimum atomic E-state index is -1.93. The second kappa shape index (κ2) is 20.0. The summed E-state index contributed by atoms with van der Waals surface area (Å²) < 4.78 is 14.2. The lowest BCUT2D eigenvalue weighted by molar-refractivity contribution is -0.156. The number of anilines is 1. The van der Waals surface area contributed by atoms with Crippen LogP contribution >= 0.6 is 0 Å². The molecule has 0 unspecified atom stereocenters. The molecule has 16 heteroatoms. The Labute approximate surface area is 404 Å². The molecule has 3 saturated heterocycles. The van der Waals surface area contributed by atoms with Gasteiger partial charge in [0.05, 0.1) is 32.1 Å². The number of likely N-dealkylation sites (tertiary alicyclic amines) is 1. The predicted molar refractivity (Wildman–Crippen MR) is 263 cm³/mol. The smallest absolute Gasteiger partial charge is 0.324 e. The normalized spacial score (nSPS) is 22.5. The third-order valence-electron chi connectivity index (χ3n) is 14.1. The van der Waals surface area contributed by atoms with Gasteiger partial charge in [0.1, 0.15) is 23.9 Å². The van der Waals surface area contributed by atoms with E-state index in [4.69, 9.17) is 9.47 Å². The van der Waals surface area contributed by atoms with Crippen LogP contribution in [0.3, 0.4) is 0 Å². The summed E-state index contributed by atoms with van der Waals surface area (Å²) in [4.78, 5) is 74.6. The van der Waals surface area contributed by atoms with Crippen molar-refractivity contribution < 1.29 is 43.7 Å². The summed E-state index contributed by atoms with van der Waals surface area (Å²) in [5.41, 5.74) is 8.21. The SMILES string of the molecule is C=CC(=O)N1CC[C@](O)(C(=O)N(C)[C@H](C(=O)N[C@H]2Cc3cc(O)cc(c3)-c3ccc4c(c3)c(c(-c3ccccc3N3CCOCC3)n4CC)CC(C)(C)COC(=O)[C@@H]3CCCN(N3)C2=O)C(C)C)C1. The number of ether oxygens (including phenoxy) is 2. The number of phenols is 1. The largest absolute Gasteiger partial charge is 0.508 e. The van der Waals surface area contributed by atoms with E-state index in [-0.39, 0.29) is 44.8 Å². The standard InChI is InChI=1S/C53H67N7O9/c1-8-45(62)58-20-18-53(67,31-58)51(66)56(7)46(33(3)4)48(63)54-42-27-34-25-36(28-37(61)26-34)35-16-17-44-39(29-35)40(30-52(5,6)32-69-50(65)41-14-12-19-60(55-41)49(42)64)47(59(44)9-2)38-13-10-11-15-43(38)57-21-23-68-24-22-57/h8,10-11,13,15-17,25-26,28-29,33,41-42,46,55,61,67H,1,9,12,14,18-24,27,30-32H2,2-7H3,(H,54,63)/t41-,42-,46-,53+/m0/s1. The van der Waals surface area contributed by atoms with Gasteiger partial charge in [-0.15, -0.1) is 0 Å². The Morgan fingerprint density at radius 2 is 1.77 bits per heavy atom. The van der Waals surface area contributed by atoms with Crippen molar-refractivity contribution in [3.8, 4) is 28.1 Å². The van der Waals surface area contributed by atoms with E-state index in [0.29, 0.717) is 50.1 Å². The van der Waals surface area contributed by atoms with Crippen molar-refractivity contribution >= 4 is 46.2 Å². The summed E-state index contributed by atoms with van der Waals surface area (Å²) in [5.74, 6) is -3.29. The molecule has 4 atom stereocenters. The Morgan fingerprint density at radius 1 is 1.01 bits per heavy atom. The second-order valence-corrected chi connectivity index (χ2v) is 20.2. The molecule has 69 heavy (non-hydrogen) atoms. The van der Waals surface area contributed by atoms with Crippen molar-refractivity contribution in [2.24, 2.45) is 11.3 Å².